The lowest BCUT2D eigenvalue weighted by molar-refractivity contribution is 0.103. The van der Waals surface area contributed by atoms with E-state index < -0.39 is 6.10 Å². The summed E-state index contributed by atoms with van der Waals surface area (Å²) in [5.74, 6) is 0.937. The summed E-state index contributed by atoms with van der Waals surface area (Å²) in [6.45, 7) is 10.3. The van der Waals surface area contributed by atoms with E-state index in [9.17, 15) is 5.11 Å². The first-order valence-corrected chi connectivity index (χ1v) is 7.93. The zero-order valence-corrected chi connectivity index (χ0v) is 14.6. The van der Waals surface area contributed by atoms with Crippen molar-refractivity contribution in [3.8, 4) is 5.75 Å². The summed E-state index contributed by atoms with van der Waals surface area (Å²) < 4.78 is 5.50. The number of aliphatic hydroxyl groups is 1. The van der Waals surface area contributed by atoms with Crippen LogP contribution in [0.25, 0.3) is 0 Å². The highest BCUT2D eigenvalue weighted by Crippen LogP contribution is 2.32. The molecule has 0 aromatic heterocycles. The van der Waals surface area contributed by atoms with Gasteiger partial charge < -0.3 is 15.2 Å². The Balaban J connectivity index is 2.33. The molecule has 0 spiro atoms. The number of ether oxygens (including phenoxy) is 1. The second-order valence-corrected chi connectivity index (χ2v) is 7.26. The Bertz CT molecular complexity index is 426. The summed E-state index contributed by atoms with van der Waals surface area (Å²) in [5, 5.41) is 14.1. The monoisotopic (exact) mass is 333 g/mol. The molecule has 2 atom stereocenters. The topological polar surface area (TPSA) is 41.5 Å². The second kappa shape index (κ2) is 8.23. The molecule has 0 fully saturated rings. The average molecular weight is 334 g/mol. The van der Waals surface area contributed by atoms with Gasteiger partial charge in [0.05, 0.1) is 10.0 Å². The predicted molar refractivity (Wildman–Crippen MR) is 89.5 cm³/mol. The van der Waals surface area contributed by atoms with E-state index in [-0.39, 0.29) is 12.0 Å². The SMILES string of the molecule is CC(CNCC(O)COc1c(Cl)cccc1Cl)C(C)(C)C. The minimum atomic E-state index is -0.607. The first-order valence-electron chi connectivity index (χ1n) is 7.17. The van der Waals surface area contributed by atoms with Crippen molar-refractivity contribution in [2.24, 2.45) is 11.3 Å². The van der Waals surface area contributed by atoms with Gasteiger partial charge in [0.1, 0.15) is 12.7 Å². The van der Waals surface area contributed by atoms with Crippen LogP contribution in [-0.4, -0.2) is 30.9 Å². The van der Waals surface area contributed by atoms with Gasteiger partial charge in [-0.1, -0.05) is 57.0 Å². The number of nitrogens with one attached hydrogen (secondary N) is 1. The fraction of sp³-hybridized carbons (Fsp3) is 0.625. The summed E-state index contributed by atoms with van der Waals surface area (Å²) in [7, 11) is 0. The molecule has 1 aromatic rings. The molecule has 0 aliphatic carbocycles. The minimum Gasteiger partial charge on any atom is -0.488 e. The molecule has 2 N–H and O–H groups in total. The van der Waals surface area contributed by atoms with Crippen LogP contribution in [0.2, 0.25) is 10.0 Å². The van der Waals surface area contributed by atoms with Crippen molar-refractivity contribution < 1.29 is 9.84 Å². The van der Waals surface area contributed by atoms with Crippen LogP contribution in [0.15, 0.2) is 18.2 Å². The molecule has 0 radical (unpaired) electrons. The molecule has 0 aliphatic rings. The van der Waals surface area contributed by atoms with E-state index in [2.05, 4.69) is 33.0 Å². The van der Waals surface area contributed by atoms with Crippen LogP contribution < -0.4 is 10.1 Å². The highest BCUT2D eigenvalue weighted by Gasteiger charge is 2.19. The third-order valence-electron chi connectivity index (χ3n) is 3.65. The Labute approximate surface area is 137 Å². The van der Waals surface area contributed by atoms with Crippen molar-refractivity contribution in [1.82, 2.24) is 5.32 Å². The molecule has 5 heteroatoms. The summed E-state index contributed by atoms with van der Waals surface area (Å²) in [4.78, 5) is 0. The lowest BCUT2D eigenvalue weighted by atomic mass is 9.82. The quantitative estimate of drug-likeness (QED) is 0.792. The smallest absolute Gasteiger partial charge is 0.156 e. The van der Waals surface area contributed by atoms with Crippen LogP contribution >= 0.6 is 23.2 Å². The van der Waals surface area contributed by atoms with Gasteiger partial charge in [0.25, 0.3) is 0 Å². The van der Waals surface area contributed by atoms with Crippen molar-refractivity contribution in [3.05, 3.63) is 28.2 Å². The normalized spacial score (nSPS) is 14.8. The van der Waals surface area contributed by atoms with Crippen molar-refractivity contribution in [2.45, 2.75) is 33.8 Å². The number of halogens is 2. The molecule has 0 amide bonds. The Morgan fingerprint density at radius 3 is 2.29 bits per heavy atom. The van der Waals surface area contributed by atoms with E-state index in [0.29, 0.717) is 28.3 Å². The fourth-order valence-electron chi connectivity index (χ4n) is 1.63. The number of aliphatic hydroxyl groups excluding tert-OH is 1. The molecule has 0 saturated carbocycles. The Morgan fingerprint density at radius 1 is 1.19 bits per heavy atom. The van der Waals surface area contributed by atoms with Crippen LogP contribution in [0.1, 0.15) is 27.7 Å². The Morgan fingerprint density at radius 2 is 1.76 bits per heavy atom. The van der Waals surface area contributed by atoms with Crippen LogP contribution in [0.5, 0.6) is 5.75 Å². The molecule has 0 bridgehead atoms. The minimum absolute atomic E-state index is 0.153. The van der Waals surface area contributed by atoms with Gasteiger partial charge in [-0.05, 0) is 30.0 Å². The number of benzene rings is 1. The Kier molecular flexibility index (Phi) is 7.28. The third-order valence-corrected chi connectivity index (χ3v) is 4.24. The van der Waals surface area contributed by atoms with Gasteiger partial charge >= 0.3 is 0 Å². The second-order valence-electron chi connectivity index (χ2n) is 6.44. The van der Waals surface area contributed by atoms with E-state index in [4.69, 9.17) is 27.9 Å². The number of para-hydroxylation sites is 1. The largest absolute Gasteiger partial charge is 0.488 e. The maximum Gasteiger partial charge on any atom is 0.156 e. The molecule has 0 aliphatic heterocycles. The molecule has 3 nitrogen and oxygen atoms in total. The lowest BCUT2D eigenvalue weighted by Crippen LogP contribution is -2.36. The lowest BCUT2D eigenvalue weighted by Gasteiger charge is -2.27. The van der Waals surface area contributed by atoms with Crippen molar-refractivity contribution >= 4 is 23.2 Å². The molecular weight excluding hydrogens is 309 g/mol. The highest BCUT2D eigenvalue weighted by molar-refractivity contribution is 6.37. The summed E-state index contributed by atoms with van der Waals surface area (Å²) >= 11 is 12.0. The first-order chi connectivity index (χ1) is 9.71. The fourth-order valence-corrected chi connectivity index (χ4v) is 2.14. The van der Waals surface area contributed by atoms with Crippen LogP contribution in [0, 0.1) is 11.3 Å². The predicted octanol–water partition coefficient (Wildman–Crippen LogP) is 4.00. The third kappa shape index (κ3) is 6.43. The highest BCUT2D eigenvalue weighted by atomic mass is 35.5. The van der Waals surface area contributed by atoms with Gasteiger partial charge in [-0.2, -0.15) is 0 Å². The number of hydrogen-bond acceptors (Lipinski definition) is 3. The molecule has 21 heavy (non-hydrogen) atoms. The first kappa shape index (κ1) is 18.6. The van der Waals surface area contributed by atoms with E-state index in [1.165, 1.54) is 0 Å². The van der Waals surface area contributed by atoms with Gasteiger partial charge in [0.2, 0.25) is 0 Å². The molecule has 1 rings (SSSR count). The number of hydrogen-bond donors (Lipinski definition) is 2. The average Bonchev–Trinajstić information content (AvgIpc) is 2.36. The summed E-state index contributed by atoms with van der Waals surface area (Å²) in [6.07, 6.45) is -0.607. The van der Waals surface area contributed by atoms with Crippen LogP contribution in [-0.2, 0) is 0 Å². The van der Waals surface area contributed by atoms with Crippen molar-refractivity contribution in [2.75, 3.05) is 19.7 Å². The molecule has 120 valence electrons. The molecular formula is C16H25Cl2NO2. The van der Waals surface area contributed by atoms with Gasteiger partial charge in [-0.3, -0.25) is 0 Å². The molecule has 0 heterocycles. The van der Waals surface area contributed by atoms with Gasteiger partial charge in [0.15, 0.2) is 5.75 Å². The Hall–Kier alpha value is -0.480. The zero-order valence-electron chi connectivity index (χ0n) is 13.1. The van der Waals surface area contributed by atoms with Gasteiger partial charge in [-0.25, -0.2) is 0 Å². The summed E-state index contributed by atoms with van der Waals surface area (Å²) in [5.41, 5.74) is 0.250. The van der Waals surface area contributed by atoms with Crippen LogP contribution in [0.4, 0.5) is 0 Å². The van der Waals surface area contributed by atoms with Crippen LogP contribution in [0.3, 0.4) is 0 Å². The van der Waals surface area contributed by atoms with Crippen molar-refractivity contribution in [3.63, 3.8) is 0 Å². The van der Waals surface area contributed by atoms with E-state index >= 15 is 0 Å². The molecule has 0 saturated heterocycles. The van der Waals surface area contributed by atoms with E-state index in [1.54, 1.807) is 18.2 Å². The standard InChI is InChI=1S/C16H25Cl2NO2/c1-11(16(2,3)4)8-19-9-12(20)10-21-15-13(17)6-5-7-14(15)18/h5-7,11-12,19-20H,8-10H2,1-4H3. The number of rotatable bonds is 7. The molecule has 1 aromatic carbocycles. The summed E-state index contributed by atoms with van der Waals surface area (Å²) in [6, 6.07) is 5.17. The molecule has 2 unspecified atom stereocenters. The van der Waals surface area contributed by atoms with E-state index in [1.807, 2.05) is 0 Å². The van der Waals surface area contributed by atoms with Crippen molar-refractivity contribution in [1.29, 1.82) is 0 Å². The zero-order chi connectivity index (χ0) is 16.0. The van der Waals surface area contributed by atoms with E-state index in [0.717, 1.165) is 6.54 Å². The van der Waals surface area contributed by atoms with Gasteiger partial charge in [-0.15, -0.1) is 0 Å². The van der Waals surface area contributed by atoms with Gasteiger partial charge in [0, 0.05) is 6.54 Å². The maximum atomic E-state index is 9.93. The maximum absolute atomic E-state index is 9.93.